The van der Waals surface area contributed by atoms with Gasteiger partial charge in [0.1, 0.15) is 5.75 Å². The molecule has 2 saturated heterocycles. The molecule has 0 radical (unpaired) electrons. The number of aryl methyl sites for hydroxylation is 1. The van der Waals surface area contributed by atoms with Gasteiger partial charge >= 0.3 is 0 Å². The summed E-state index contributed by atoms with van der Waals surface area (Å²) in [5.74, 6) is 1.08. The monoisotopic (exact) mass is 508 g/mol. The van der Waals surface area contributed by atoms with E-state index in [1.807, 2.05) is 36.2 Å². The topological polar surface area (TPSA) is 51.8 Å². The molecule has 0 spiro atoms. The second-order valence-electron chi connectivity index (χ2n) is 10.8. The summed E-state index contributed by atoms with van der Waals surface area (Å²) in [6.07, 6.45) is 4.56. The Hall–Kier alpha value is -2.54. The van der Waals surface area contributed by atoms with Crippen molar-refractivity contribution >= 4 is 28.4 Å². The van der Waals surface area contributed by atoms with Crippen LogP contribution in [0.3, 0.4) is 0 Å². The van der Waals surface area contributed by atoms with E-state index in [9.17, 15) is 4.79 Å². The van der Waals surface area contributed by atoms with E-state index >= 15 is 0 Å². The highest BCUT2D eigenvalue weighted by molar-refractivity contribution is 6.31. The fraction of sp³-hybridized carbons (Fsp3) is 0.483. The number of benzene rings is 2. The Kier molecular flexibility index (Phi) is 7.56. The van der Waals surface area contributed by atoms with E-state index in [0.29, 0.717) is 13.0 Å². The number of rotatable bonds is 7. The van der Waals surface area contributed by atoms with Crippen molar-refractivity contribution in [3.63, 3.8) is 0 Å². The van der Waals surface area contributed by atoms with Crippen LogP contribution in [0.25, 0.3) is 10.9 Å². The quantitative estimate of drug-likeness (QED) is 0.490. The smallest absolute Gasteiger partial charge is 0.223 e. The molecule has 0 aliphatic carbocycles. The molecular formula is C29H37ClN4O2. The molecule has 2 aliphatic rings. The lowest BCUT2D eigenvalue weighted by Crippen LogP contribution is -2.52. The molecule has 1 unspecified atom stereocenters. The van der Waals surface area contributed by atoms with Gasteiger partial charge in [0.25, 0.3) is 0 Å². The number of hydrogen-bond donors (Lipinski definition) is 1. The van der Waals surface area contributed by atoms with Gasteiger partial charge in [-0.15, -0.1) is 0 Å². The minimum atomic E-state index is -0.218. The Morgan fingerprint density at radius 3 is 2.72 bits per heavy atom. The third-order valence-corrected chi connectivity index (χ3v) is 8.25. The number of amides is 1. The molecule has 3 heterocycles. The van der Waals surface area contributed by atoms with Crippen molar-refractivity contribution in [2.75, 3.05) is 52.9 Å². The van der Waals surface area contributed by atoms with Crippen LogP contribution in [0.2, 0.25) is 5.02 Å². The number of piperidine rings is 1. The van der Waals surface area contributed by atoms with E-state index in [1.54, 1.807) is 0 Å². The van der Waals surface area contributed by atoms with Crippen molar-refractivity contribution in [2.24, 2.45) is 5.41 Å². The third kappa shape index (κ3) is 5.88. The van der Waals surface area contributed by atoms with Gasteiger partial charge in [-0.2, -0.15) is 0 Å². The van der Waals surface area contributed by atoms with Gasteiger partial charge in [-0.05, 0) is 86.3 Å². The summed E-state index contributed by atoms with van der Waals surface area (Å²) < 4.78 is 6.37. The van der Waals surface area contributed by atoms with E-state index in [-0.39, 0.29) is 11.3 Å². The number of aromatic amines is 1. The van der Waals surface area contributed by atoms with Crippen LogP contribution in [-0.4, -0.2) is 78.5 Å². The highest BCUT2D eigenvalue weighted by Gasteiger charge is 2.40. The number of nitrogens with one attached hydrogen (secondary N) is 1. The number of nitrogens with zero attached hydrogens (tertiary/aromatic N) is 3. The number of halogens is 1. The highest BCUT2D eigenvalue weighted by atomic mass is 35.5. The molecule has 1 atom stereocenters. The first kappa shape index (κ1) is 25.1. The van der Waals surface area contributed by atoms with E-state index in [4.69, 9.17) is 16.3 Å². The summed E-state index contributed by atoms with van der Waals surface area (Å²) in [4.78, 5) is 23.6. The maximum Gasteiger partial charge on any atom is 0.223 e. The number of piperazine rings is 1. The van der Waals surface area contributed by atoms with Gasteiger partial charge in [0, 0.05) is 67.8 Å². The van der Waals surface area contributed by atoms with E-state index in [1.165, 1.54) is 10.9 Å². The fourth-order valence-corrected chi connectivity index (χ4v) is 5.77. The Bertz CT molecular complexity index is 1200. The highest BCUT2D eigenvalue weighted by Crippen LogP contribution is 2.36. The molecule has 1 N–H and O–H groups in total. The normalized spacial score (nSPS) is 21.7. The zero-order chi connectivity index (χ0) is 25.1. The first-order valence-corrected chi connectivity index (χ1v) is 13.4. The molecule has 0 bridgehead atoms. The van der Waals surface area contributed by atoms with Crippen molar-refractivity contribution in [2.45, 2.75) is 32.7 Å². The van der Waals surface area contributed by atoms with Crippen molar-refractivity contribution in [3.8, 4) is 5.75 Å². The molecule has 2 fully saturated rings. The molecule has 6 nitrogen and oxygen atoms in total. The molecule has 3 aromatic rings. The van der Waals surface area contributed by atoms with Crippen molar-refractivity contribution in [1.82, 2.24) is 19.7 Å². The van der Waals surface area contributed by atoms with E-state index < -0.39 is 0 Å². The molecule has 36 heavy (non-hydrogen) atoms. The van der Waals surface area contributed by atoms with Gasteiger partial charge < -0.3 is 19.5 Å². The SMILES string of the molecule is Cc1cc(OCC2(CC(=O)N3CCN(C)CC3)CCCN(Cc3ccc4[nH]ccc4c3)C2)ccc1Cl. The summed E-state index contributed by atoms with van der Waals surface area (Å²) in [5, 5.41) is 1.98. The number of hydrogen-bond acceptors (Lipinski definition) is 4. The van der Waals surface area contributed by atoms with Gasteiger partial charge in [0.15, 0.2) is 0 Å². The van der Waals surface area contributed by atoms with Gasteiger partial charge in [-0.3, -0.25) is 9.69 Å². The lowest BCUT2D eigenvalue weighted by Gasteiger charge is -2.43. The lowest BCUT2D eigenvalue weighted by atomic mass is 9.77. The number of aromatic nitrogens is 1. The molecule has 1 amide bonds. The Morgan fingerprint density at radius 1 is 1.08 bits per heavy atom. The second kappa shape index (κ2) is 10.8. The Labute approximate surface area is 219 Å². The van der Waals surface area contributed by atoms with Crippen LogP contribution in [0.15, 0.2) is 48.7 Å². The van der Waals surface area contributed by atoms with E-state index in [2.05, 4.69) is 46.1 Å². The van der Waals surface area contributed by atoms with Crippen LogP contribution in [0.1, 0.15) is 30.4 Å². The minimum absolute atomic E-state index is 0.218. The summed E-state index contributed by atoms with van der Waals surface area (Å²) in [6.45, 7) is 8.78. The number of carbonyl (C=O) groups excluding carboxylic acids is 1. The number of likely N-dealkylation sites (N-methyl/N-ethyl adjacent to an activating group) is 1. The van der Waals surface area contributed by atoms with Crippen molar-refractivity contribution < 1.29 is 9.53 Å². The average Bonchev–Trinajstić information content (AvgIpc) is 3.33. The summed E-state index contributed by atoms with van der Waals surface area (Å²) >= 11 is 6.23. The summed E-state index contributed by atoms with van der Waals surface area (Å²) in [5.41, 5.74) is 3.25. The lowest BCUT2D eigenvalue weighted by molar-refractivity contribution is -0.137. The van der Waals surface area contributed by atoms with Crippen LogP contribution >= 0.6 is 11.6 Å². The molecule has 1 aromatic heterocycles. The number of carbonyl (C=O) groups is 1. The summed E-state index contributed by atoms with van der Waals surface area (Å²) in [6, 6.07) is 14.6. The van der Waals surface area contributed by atoms with Gasteiger partial charge in [-0.25, -0.2) is 0 Å². The van der Waals surface area contributed by atoms with Gasteiger partial charge in [0.2, 0.25) is 5.91 Å². The fourth-order valence-electron chi connectivity index (χ4n) is 5.65. The van der Waals surface area contributed by atoms with Gasteiger partial charge in [-0.1, -0.05) is 17.7 Å². The maximum atomic E-state index is 13.5. The molecule has 7 heteroatoms. The van der Waals surface area contributed by atoms with Crippen LogP contribution in [0.4, 0.5) is 0 Å². The number of ether oxygens (including phenoxy) is 1. The van der Waals surface area contributed by atoms with Crippen LogP contribution < -0.4 is 4.74 Å². The molecule has 2 aliphatic heterocycles. The predicted octanol–water partition coefficient (Wildman–Crippen LogP) is 4.96. The van der Waals surface area contributed by atoms with Crippen LogP contribution in [-0.2, 0) is 11.3 Å². The first-order chi connectivity index (χ1) is 17.4. The number of H-pyrrole nitrogens is 1. The average molecular weight is 509 g/mol. The maximum absolute atomic E-state index is 13.5. The first-order valence-electron chi connectivity index (χ1n) is 13.0. The minimum Gasteiger partial charge on any atom is -0.493 e. The molecule has 2 aromatic carbocycles. The van der Waals surface area contributed by atoms with Crippen molar-refractivity contribution in [1.29, 1.82) is 0 Å². The van der Waals surface area contributed by atoms with Crippen LogP contribution in [0.5, 0.6) is 5.75 Å². The molecular weight excluding hydrogens is 472 g/mol. The summed E-state index contributed by atoms with van der Waals surface area (Å²) in [7, 11) is 2.12. The molecule has 5 rings (SSSR count). The van der Waals surface area contributed by atoms with Gasteiger partial charge in [0.05, 0.1) is 6.61 Å². The Morgan fingerprint density at radius 2 is 1.92 bits per heavy atom. The zero-order valence-electron chi connectivity index (χ0n) is 21.4. The van der Waals surface area contributed by atoms with Crippen molar-refractivity contribution in [3.05, 3.63) is 64.8 Å². The molecule has 0 saturated carbocycles. The third-order valence-electron chi connectivity index (χ3n) is 7.82. The van der Waals surface area contributed by atoms with E-state index in [0.717, 1.165) is 80.5 Å². The van der Waals surface area contributed by atoms with Crippen LogP contribution in [0, 0.1) is 12.3 Å². The number of fused-ring (bicyclic) bond motifs is 1. The number of likely N-dealkylation sites (tertiary alicyclic amines) is 1. The largest absolute Gasteiger partial charge is 0.493 e. The zero-order valence-corrected chi connectivity index (χ0v) is 22.2. The second-order valence-corrected chi connectivity index (χ2v) is 11.2. The Balaban J connectivity index is 1.32. The standard InChI is InChI=1S/C29H37ClN4O2/c1-22-16-25(5-6-26(22)30)36-21-29(18-28(35)34-14-12-32(2)13-15-34)9-3-11-33(20-29)19-23-4-7-27-24(17-23)8-10-31-27/h4-8,10,16-17,31H,3,9,11-15,18-21H2,1-2H3. The predicted molar refractivity (Wildman–Crippen MR) is 146 cm³/mol. The molecule has 192 valence electrons.